The van der Waals surface area contributed by atoms with Crippen LogP contribution in [0.4, 0.5) is 0 Å². The first-order valence-corrected chi connectivity index (χ1v) is 8.48. The van der Waals surface area contributed by atoms with E-state index in [-0.39, 0.29) is 24.0 Å². The highest BCUT2D eigenvalue weighted by Gasteiger charge is 2.02. The zero-order chi connectivity index (χ0) is 14.3. The quantitative estimate of drug-likeness (QED) is 0.259. The molecule has 1 aromatic rings. The molecule has 10 heteroatoms. The van der Waals surface area contributed by atoms with Crippen LogP contribution in [0.25, 0.3) is 0 Å². The van der Waals surface area contributed by atoms with Gasteiger partial charge in [0.25, 0.3) is 0 Å². The summed E-state index contributed by atoms with van der Waals surface area (Å²) in [6.07, 6.45) is 1.13. The van der Waals surface area contributed by atoms with Crippen LogP contribution in [0, 0.1) is 6.92 Å². The van der Waals surface area contributed by atoms with Gasteiger partial charge in [0.2, 0.25) is 10.0 Å². The van der Waals surface area contributed by atoms with Crippen LogP contribution >= 0.6 is 35.3 Å². The monoisotopic (exact) mass is 433 g/mol. The van der Waals surface area contributed by atoms with Crippen LogP contribution in [0.2, 0.25) is 0 Å². The van der Waals surface area contributed by atoms with Gasteiger partial charge in [0.15, 0.2) is 5.96 Å². The van der Waals surface area contributed by atoms with E-state index in [1.165, 1.54) is 0 Å². The molecule has 116 valence electrons. The summed E-state index contributed by atoms with van der Waals surface area (Å²) >= 11 is 1.59. The fraction of sp³-hybridized carbons (Fsp3) is 0.600. The Labute approximate surface area is 140 Å². The van der Waals surface area contributed by atoms with Crippen LogP contribution in [-0.4, -0.2) is 45.8 Å². The van der Waals surface area contributed by atoms with Crippen LogP contribution in [0.1, 0.15) is 10.7 Å². The Kier molecular flexibility index (Phi) is 9.25. The minimum absolute atomic E-state index is 0. The van der Waals surface area contributed by atoms with E-state index in [1.54, 1.807) is 18.4 Å². The fourth-order valence-corrected chi connectivity index (χ4v) is 2.47. The number of aromatic nitrogens is 1. The summed E-state index contributed by atoms with van der Waals surface area (Å²) in [5.41, 5.74) is 1.00. The van der Waals surface area contributed by atoms with Gasteiger partial charge in [-0.15, -0.1) is 35.3 Å². The first-order valence-electron chi connectivity index (χ1n) is 5.71. The lowest BCUT2D eigenvalue weighted by atomic mass is 10.5. The minimum Gasteiger partial charge on any atom is -0.355 e. The van der Waals surface area contributed by atoms with Crippen LogP contribution in [0.3, 0.4) is 0 Å². The van der Waals surface area contributed by atoms with Gasteiger partial charge in [-0.25, -0.2) is 18.1 Å². The highest BCUT2D eigenvalue weighted by Crippen LogP contribution is 2.07. The Morgan fingerprint density at radius 2 is 2.10 bits per heavy atom. The number of nitrogens with zero attached hydrogens (tertiary/aromatic N) is 2. The molecule has 0 fully saturated rings. The highest BCUT2D eigenvalue weighted by molar-refractivity contribution is 14.0. The molecule has 1 rings (SSSR count). The predicted molar refractivity (Wildman–Crippen MR) is 93.3 cm³/mol. The SMILES string of the molecule is CN=C(NCCNS(C)(=O)=O)NCc1nc(C)cs1.I. The van der Waals surface area contributed by atoms with Gasteiger partial charge in [-0.05, 0) is 6.92 Å². The van der Waals surface area contributed by atoms with Crippen molar-refractivity contribution in [1.82, 2.24) is 20.3 Å². The Morgan fingerprint density at radius 1 is 1.40 bits per heavy atom. The molecule has 0 aliphatic carbocycles. The molecule has 0 aliphatic rings. The minimum atomic E-state index is -3.14. The maximum atomic E-state index is 10.9. The van der Waals surface area contributed by atoms with E-state index in [1.807, 2.05) is 12.3 Å². The van der Waals surface area contributed by atoms with Gasteiger partial charge in [-0.1, -0.05) is 0 Å². The Hall–Kier alpha value is -0.460. The van der Waals surface area contributed by atoms with E-state index >= 15 is 0 Å². The fourth-order valence-electron chi connectivity index (χ4n) is 1.28. The van der Waals surface area contributed by atoms with Crippen molar-refractivity contribution in [3.8, 4) is 0 Å². The molecular formula is C10H20IN5O2S2. The first kappa shape index (κ1) is 19.5. The van der Waals surface area contributed by atoms with Gasteiger partial charge in [-0.2, -0.15) is 0 Å². The van der Waals surface area contributed by atoms with Crippen molar-refractivity contribution >= 4 is 51.3 Å². The predicted octanol–water partition coefficient (Wildman–Crippen LogP) is 0.284. The van der Waals surface area contributed by atoms with Crippen molar-refractivity contribution in [2.45, 2.75) is 13.5 Å². The van der Waals surface area contributed by atoms with Crippen molar-refractivity contribution in [2.24, 2.45) is 4.99 Å². The molecule has 0 aliphatic heterocycles. The summed E-state index contributed by atoms with van der Waals surface area (Å²) < 4.78 is 24.1. The third kappa shape index (κ3) is 8.66. The number of nitrogens with one attached hydrogen (secondary N) is 3. The van der Waals surface area contributed by atoms with Crippen molar-refractivity contribution in [1.29, 1.82) is 0 Å². The number of aryl methyl sites for hydroxylation is 1. The molecule has 0 aromatic carbocycles. The lowest BCUT2D eigenvalue weighted by Crippen LogP contribution is -2.41. The van der Waals surface area contributed by atoms with Gasteiger partial charge in [0, 0.05) is 31.2 Å². The second-order valence-corrected chi connectivity index (χ2v) is 6.68. The average molecular weight is 433 g/mol. The smallest absolute Gasteiger partial charge is 0.208 e. The Balaban J connectivity index is 0.00000361. The standard InChI is InChI=1S/C10H19N5O2S2.HI/c1-8-7-18-9(15-8)6-13-10(11-2)12-4-5-14-19(3,16)17;/h7,14H,4-6H2,1-3H3,(H2,11,12,13);1H. The van der Waals surface area contributed by atoms with Gasteiger partial charge < -0.3 is 10.6 Å². The number of hydrogen-bond donors (Lipinski definition) is 3. The van der Waals surface area contributed by atoms with E-state index < -0.39 is 10.0 Å². The number of guanidine groups is 1. The number of hydrogen-bond acceptors (Lipinski definition) is 5. The second-order valence-electron chi connectivity index (χ2n) is 3.90. The summed E-state index contributed by atoms with van der Waals surface area (Å²) in [5.74, 6) is 0.614. The molecule has 20 heavy (non-hydrogen) atoms. The van der Waals surface area contributed by atoms with E-state index in [0.717, 1.165) is 17.0 Å². The van der Waals surface area contributed by atoms with Crippen LogP contribution < -0.4 is 15.4 Å². The third-order valence-electron chi connectivity index (χ3n) is 2.08. The lowest BCUT2D eigenvalue weighted by molar-refractivity contribution is 0.586. The Bertz CT molecular complexity index is 530. The molecule has 1 aromatic heterocycles. The maximum Gasteiger partial charge on any atom is 0.208 e. The first-order chi connectivity index (χ1) is 8.90. The zero-order valence-corrected chi connectivity index (χ0v) is 15.6. The molecule has 0 spiro atoms. The van der Waals surface area contributed by atoms with Crippen molar-refractivity contribution in [2.75, 3.05) is 26.4 Å². The van der Waals surface area contributed by atoms with Gasteiger partial charge >= 0.3 is 0 Å². The van der Waals surface area contributed by atoms with E-state index in [4.69, 9.17) is 0 Å². The third-order valence-corrected chi connectivity index (χ3v) is 3.77. The molecule has 3 N–H and O–H groups in total. The summed E-state index contributed by atoms with van der Waals surface area (Å²) in [6.45, 7) is 3.32. The normalized spacial score (nSPS) is 11.8. The van der Waals surface area contributed by atoms with Gasteiger partial charge in [0.05, 0.1) is 12.8 Å². The summed E-state index contributed by atoms with van der Waals surface area (Å²) in [5, 5.41) is 9.08. The van der Waals surface area contributed by atoms with E-state index in [0.29, 0.717) is 25.6 Å². The van der Waals surface area contributed by atoms with E-state index in [9.17, 15) is 8.42 Å². The maximum absolute atomic E-state index is 10.9. The van der Waals surface area contributed by atoms with E-state index in [2.05, 4.69) is 25.3 Å². The lowest BCUT2D eigenvalue weighted by Gasteiger charge is -2.10. The van der Waals surface area contributed by atoms with Crippen LogP contribution in [-0.2, 0) is 16.6 Å². The molecule has 0 unspecified atom stereocenters. The van der Waals surface area contributed by atoms with Crippen molar-refractivity contribution < 1.29 is 8.42 Å². The van der Waals surface area contributed by atoms with Gasteiger partial charge in [0.1, 0.15) is 5.01 Å². The molecule has 7 nitrogen and oxygen atoms in total. The molecule has 0 amide bonds. The largest absolute Gasteiger partial charge is 0.355 e. The molecule has 0 atom stereocenters. The molecule has 0 radical (unpaired) electrons. The molecular weight excluding hydrogens is 413 g/mol. The topological polar surface area (TPSA) is 95.5 Å². The van der Waals surface area contributed by atoms with Crippen LogP contribution in [0.5, 0.6) is 0 Å². The van der Waals surface area contributed by atoms with Crippen molar-refractivity contribution in [3.63, 3.8) is 0 Å². The van der Waals surface area contributed by atoms with Crippen LogP contribution in [0.15, 0.2) is 10.4 Å². The zero-order valence-electron chi connectivity index (χ0n) is 11.6. The van der Waals surface area contributed by atoms with Crippen molar-refractivity contribution in [3.05, 3.63) is 16.1 Å². The highest BCUT2D eigenvalue weighted by atomic mass is 127. The molecule has 0 saturated heterocycles. The average Bonchev–Trinajstić information content (AvgIpc) is 2.73. The molecule has 0 saturated carbocycles. The Morgan fingerprint density at radius 3 is 2.60 bits per heavy atom. The number of sulfonamides is 1. The molecule has 0 bridgehead atoms. The summed E-state index contributed by atoms with van der Waals surface area (Å²) in [6, 6.07) is 0. The number of halogens is 1. The van der Waals surface area contributed by atoms with Gasteiger partial charge in [-0.3, -0.25) is 4.99 Å². The number of thiazole rings is 1. The number of rotatable bonds is 6. The molecule has 1 heterocycles. The second kappa shape index (κ2) is 9.47. The number of aliphatic imine (C=N–C) groups is 1. The summed E-state index contributed by atoms with van der Waals surface area (Å²) in [4.78, 5) is 8.37. The summed E-state index contributed by atoms with van der Waals surface area (Å²) in [7, 11) is -1.48.